The molecule has 0 aliphatic heterocycles. The van der Waals surface area contributed by atoms with Gasteiger partial charge in [0.25, 0.3) is 0 Å². The molecule has 0 saturated heterocycles. The fourth-order valence-corrected chi connectivity index (χ4v) is 1.84. The molecule has 0 amide bonds. The van der Waals surface area contributed by atoms with Crippen molar-refractivity contribution < 1.29 is 30.7 Å². The quantitative estimate of drug-likeness (QED) is 0.530. The number of hydrogen-bond donors (Lipinski definition) is 0. The summed E-state index contributed by atoms with van der Waals surface area (Å²) >= 11 is 1.53. The molecule has 0 N–H and O–H groups in total. The van der Waals surface area contributed by atoms with E-state index in [9.17, 15) is 9.18 Å². The largest absolute Gasteiger partial charge is 1.00 e. The van der Waals surface area contributed by atoms with Crippen LogP contribution < -0.4 is 21.5 Å². The summed E-state index contributed by atoms with van der Waals surface area (Å²) in [7, 11) is 0. The molecule has 0 aliphatic rings. The topological polar surface area (TPSA) is 20.9 Å². The summed E-state index contributed by atoms with van der Waals surface area (Å²) in [4.78, 5) is 11.7. The number of halogens is 2. The van der Waals surface area contributed by atoms with Crippen LogP contribution in [0, 0.1) is 5.82 Å². The van der Waals surface area contributed by atoms with Crippen LogP contribution in [0.25, 0.3) is 0 Å². The molecule has 0 unspecified atom stereocenters. The minimum atomic E-state index is -0.324. The monoisotopic (exact) mass is 301 g/mol. The van der Waals surface area contributed by atoms with Crippen LogP contribution in [-0.4, -0.2) is 5.78 Å². The van der Waals surface area contributed by atoms with Crippen LogP contribution in [0.1, 0.15) is 10.4 Å². The maximum Gasteiger partial charge on any atom is 0.227 e. The molecule has 1 aromatic heterocycles. The molecular formula is C11H9BrFNOS. The number of hydrogen-bond acceptors (Lipinski definition) is 2. The second-order valence-corrected chi connectivity index (χ2v) is 3.88. The molecule has 84 valence electrons. The van der Waals surface area contributed by atoms with E-state index in [1.807, 2.05) is 17.1 Å². The summed E-state index contributed by atoms with van der Waals surface area (Å²) in [5.74, 6) is -0.340. The molecule has 0 fully saturated rings. The highest BCUT2D eigenvalue weighted by Gasteiger charge is 2.11. The third-order valence-corrected chi connectivity index (χ3v) is 2.69. The molecule has 2 nitrogen and oxygen atoms in total. The van der Waals surface area contributed by atoms with Crippen molar-refractivity contribution in [3.63, 3.8) is 0 Å². The third kappa shape index (κ3) is 3.21. The van der Waals surface area contributed by atoms with Crippen molar-refractivity contribution in [2.24, 2.45) is 0 Å². The van der Waals surface area contributed by atoms with E-state index in [1.54, 1.807) is 4.57 Å². The normalized spacial score (nSPS) is 9.56. The van der Waals surface area contributed by atoms with Crippen molar-refractivity contribution in [2.75, 3.05) is 0 Å². The lowest BCUT2D eigenvalue weighted by Crippen LogP contribution is -3.00. The van der Waals surface area contributed by atoms with Gasteiger partial charge in [-0.05, 0) is 24.3 Å². The van der Waals surface area contributed by atoms with Gasteiger partial charge < -0.3 is 17.0 Å². The number of ketones is 1. The number of nitrogens with zero attached hydrogens (tertiary/aromatic N) is 1. The Bertz CT molecular complexity index is 455. The van der Waals surface area contributed by atoms with Crippen molar-refractivity contribution in [1.82, 2.24) is 0 Å². The minimum Gasteiger partial charge on any atom is -1.00 e. The molecule has 0 aliphatic carbocycles. The van der Waals surface area contributed by atoms with E-state index in [0.29, 0.717) is 12.1 Å². The molecule has 0 atom stereocenters. The Morgan fingerprint density at radius 3 is 2.56 bits per heavy atom. The number of thiazole rings is 1. The SMILES string of the molecule is O=C(C[n+]1ccsc1)c1ccc(F)cc1.[Br-]. The Kier molecular flexibility index (Phi) is 4.76. The lowest BCUT2D eigenvalue weighted by Gasteiger charge is -1.95. The first-order valence-corrected chi connectivity index (χ1v) is 5.40. The highest BCUT2D eigenvalue weighted by molar-refractivity contribution is 7.07. The second kappa shape index (κ2) is 5.86. The van der Waals surface area contributed by atoms with Crippen molar-refractivity contribution in [3.8, 4) is 0 Å². The van der Waals surface area contributed by atoms with Crippen LogP contribution in [0.15, 0.2) is 41.4 Å². The fourth-order valence-electron chi connectivity index (χ4n) is 1.24. The smallest absolute Gasteiger partial charge is 0.227 e. The average molecular weight is 302 g/mol. The van der Waals surface area contributed by atoms with Crippen LogP contribution >= 0.6 is 11.3 Å². The van der Waals surface area contributed by atoms with Gasteiger partial charge >= 0.3 is 0 Å². The van der Waals surface area contributed by atoms with Gasteiger partial charge in [-0.1, -0.05) is 11.3 Å². The first kappa shape index (κ1) is 13.0. The third-order valence-electron chi connectivity index (χ3n) is 2.02. The molecule has 0 bridgehead atoms. The Morgan fingerprint density at radius 1 is 1.31 bits per heavy atom. The van der Waals surface area contributed by atoms with Gasteiger partial charge in [-0.3, -0.25) is 4.79 Å². The van der Waals surface area contributed by atoms with Gasteiger partial charge in [0, 0.05) is 5.56 Å². The standard InChI is InChI=1S/C11H9FNOS.BrH/c12-10-3-1-9(2-4-10)11(14)7-13-5-6-15-8-13;/h1-6,8H,7H2;1H/q+1;/p-1. The van der Waals surface area contributed by atoms with Crippen molar-refractivity contribution in [2.45, 2.75) is 6.54 Å². The molecule has 0 radical (unpaired) electrons. The first-order chi connectivity index (χ1) is 7.25. The Balaban J connectivity index is 0.00000128. The Hall–Kier alpha value is -1.07. The van der Waals surface area contributed by atoms with E-state index in [4.69, 9.17) is 0 Å². The van der Waals surface area contributed by atoms with E-state index in [2.05, 4.69) is 0 Å². The number of Topliss-reactive ketones (excluding diaryl/α,β-unsaturated/α-hetero) is 1. The summed E-state index contributed by atoms with van der Waals surface area (Å²) in [5, 5.41) is 1.90. The van der Waals surface area contributed by atoms with E-state index >= 15 is 0 Å². The fraction of sp³-hybridized carbons (Fsp3) is 0.0909. The second-order valence-electron chi connectivity index (χ2n) is 3.13. The molecule has 1 heterocycles. The molecule has 0 saturated carbocycles. The van der Waals surface area contributed by atoms with Gasteiger partial charge in [-0.2, -0.15) is 4.57 Å². The van der Waals surface area contributed by atoms with Crippen LogP contribution in [-0.2, 0) is 6.54 Å². The van der Waals surface area contributed by atoms with Crippen molar-refractivity contribution in [3.05, 3.63) is 52.7 Å². The molecule has 2 rings (SSSR count). The molecule has 0 spiro atoms. The zero-order valence-electron chi connectivity index (χ0n) is 8.27. The van der Waals surface area contributed by atoms with Crippen LogP contribution in [0.4, 0.5) is 4.39 Å². The van der Waals surface area contributed by atoms with Gasteiger partial charge in [-0.15, -0.1) is 0 Å². The predicted octanol–water partition coefficient (Wildman–Crippen LogP) is -0.938. The van der Waals surface area contributed by atoms with Crippen molar-refractivity contribution >= 4 is 17.1 Å². The predicted molar refractivity (Wildman–Crippen MR) is 55.2 cm³/mol. The summed E-state index contributed by atoms with van der Waals surface area (Å²) in [5.41, 5.74) is 2.40. The molecule has 2 aromatic rings. The number of aromatic nitrogens is 1. The summed E-state index contributed by atoms with van der Waals surface area (Å²) in [6, 6.07) is 5.60. The average Bonchev–Trinajstić information content (AvgIpc) is 2.71. The van der Waals surface area contributed by atoms with E-state index < -0.39 is 0 Å². The van der Waals surface area contributed by atoms with Crippen molar-refractivity contribution in [1.29, 1.82) is 0 Å². The summed E-state index contributed by atoms with van der Waals surface area (Å²) < 4.78 is 14.4. The summed E-state index contributed by atoms with van der Waals surface area (Å²) in [6.07, 6.45) is 1.84. The lowest BCUT2D eigenvalue weighted by atomic mass is 10.1. The maximum absolute atomic E-state index is 12.6. The molecular weight excluding hydrogens is 293 g/mol. The van der Waals surface area contributed by atoms with Crippen LogP contribution in [0.3, 0.4) is 0 Å². The van der Waals surface area contributed by atoms with E-state index in [0.717, 1.165) is 0 Å². The maximum atomic E-state index is 12.6. The minimum absolute atomic E-state index is 0. The molecule has 1 aromatic carbocycles. The number of benzene rings is 1. The lowest BCUT2D eigenvalue weighted by molar-refractivity contribution is -0.678. The number of carbonyl (C=O) groups is 1. The Morgan fingerprint density at radius 2 is 2.00 bits per heavy atom. The number of rotatable bonds is 3. The van der Waals surface area contributed by atoms with Gasteiger partial charge in [-0.25, -0.2) is 4.39 Å². The van der Waals surface area contributed by atoms with Crippen LogP contribution in [0.5, 0.6) is 0 Å². The highest BCUT2D eigenvalue weighted by Crippen LogP contribution is 2.03. The van der Waals surface area contributed by atoms with E-state index in [-0.39, 0.29) is 28.6 Å². The van der Waals surface area contributed by atoms with E-state index in [1.165, 1.54) is 35.6 Å². The first-order valence-electron chi connectivity index (χ1n) is 4.46. The van der Waals surface area contributed by atoms with Gasteiger partial charge in [0.05, 0.1) is 5.38 Å². The summed E-state index contributed by atoms with van der Waals surface area (Å²) in [6.45, 7) is 0.301. The zero-order chi connectivity index (χ0) is 10.7. The van der Waals surface area contributed by atoms with Gasteiger partial charge in [0.2, 0.25) is 17.8 Å². The molecule has 5 heteroatoms. The van der Waals surface area contributed by atoms with Crippen LogP contribution in [0.2, 0.25) is 0 Å². The van der Waals surface area contributed by atoms with Gasteiger partial charge in [0.1, 0.15) is 5.82 Å². The molecule has 16 heavy (non-hydrogen) atoms. The number of carbonyl (C=O) groups excluding carboxylic acids is 1. The highest BCUT2D eigenvalue weighted by atomic mass is 79.9. The Labute approximate surface area is 107 Å². The zero-order valence-corrected chi connectivity index (χ0v) is 10.7. The van der Waals surface area contributed by atoms with Gasteiger partial charge in [0.15, 0.2) is 6.20 Å².